The van der Waals surface area contributed by atoms with Crippen LogP contribution in [0, 0.1) is 17.3 Å². The molecule has 2 saturated carbocycles. The minimum atomic E-state index is 0.501. The Kier molecular flexibility index (Phi) is 3.36. The summed E-state index contributed by atoms with van der Waals surface area (Å²) in [4.78, 5) is 0. The molecule has 0 saturated heterocycles. The highest BCUT2D eigenvalue weighted by molar-refractivity contribution is 4.92. The maximum Gasteiger partial charge on any atom is 0.0243 e. The summed E-state index contributed by atoms with van der Waals surface area (Å²) in [6, 6.07) is 0.558. The molecule has 0 spiro atoms. The summed E-state index contributed by atoms with van der Waals surface area (Å²) in [5.41, 5.74) is 3.58. The van der Waals surface area contributed by atoms with Gasteiger partial charge in [0.2, 0.25) is 0 Å². The van der Waals surface area contributed by atoms with Crippen LogP contribution in [0.3, 0.4) is 0 Å². The summed E-state index contributed by atoms with van der Waals surface area (Å²) < 4.78 is 0. The van der Waals surface area contributed by atoms with Crippen LogP contribution in [0.25, 0.3) is 0 Å². The molecule has 88 valence electrons. The van der Waals surface area contributed by atoms with Crippen molar-refractivity contribution >= 4 is 0 Å². The van der Waals surface area contributed by atoms with Crippen LogP contribution >= 0.6 is 0 Å². The van der Waals surface area contributed by atoms with Gasteiger partial charge in [-0.2, -0.15) is 0 Å². The van der Waals surface area contributed by atoms with Gasteiger partial charge in [-0.05, 0) is 42.9 Å². The van der Waals surface area contributed by atoms with Crippen molar-refractivity contribution in [2.24, 2.45) is 23.1 Å². The van der Waals surface area contributed by atoms with Crippen LogP contribution in [0.15, 0.2) is 0 Å². The number of hydrogen-bond acceptors (Lipinski definition) is 2. The molecule has 2 atom stereocenters. The van der Waals surface area contributed by atoms with Crippen molar-refractivity contribution in [3.8, 4) is 0 Å². The number of nitrogens with two attached hydrogens (primary N) is 1. The van der Waals surface area contributed by atoms with Gasteiger partial charge < -0.3 is 0 Å². The maximum atomic E-state index is 5.73. The number of hydrazine groups is 1. The van der Waals surface area contributed by atoms with Crippen LogP contribution in [0.1, 0.15) is 58.8 Å². The standard InChI is InChI=1S/C13H26N2/c1-13(2)9-3-4-11(13)12(15-14)8-7-10-5-6-10/h10-12,15H,3-9,14H2,1-2H3. The van der Waals surface area contributed by atoms with Crippen LogP contribution < -0.4 is 11.3 Å². The van der Waals surface area contributed by atoms with Crippen molar-refractivity contribution in [1.29, 1.82) is 0 Å². The summed E-state index contributed by atoms with van der Waals surface area (Å²) in [6.07, 6.45) is 9.73. The predicted molar refractivity (Wildman–Crippen MR) is 64.2 cm³/mol. The highest BCUT2D eigenvalue weighted by Crippen LogP contribution is 2.45. The lowest BCUT2D eigenvalue weighted by atomic mass is 9.76. The lowest BCUT2D eigenvalue weighted by Crippen LogP contribution is -2.44. The van der Waals surface area contributed by atoms with E-state index < -0.39 is 0 Å². The van der Waals surface area contributed by atoms with E-state index in [9.17, 15) is 0 Å². The van der Waals surface area contributed by atoms with Gasteiger partial charge in [-0.25, -0.2) is 0 Å². The molecule has 3 N–H and O–H groups in total. The van der Waals surface area contributed by atoms with Crippen molar-refractivity contribution in [2.45, 2.75) is 64.8 Å². The van der Waals surface area contributed by atoms with Crippen LogP contribution in [0.2, 0.25) is 0 Å². The van der Waals surface area contributed by atoms with Crippen LogP contribution in [0.5, 0.6) is 0 Å². The Labute approximate surface area is 94.0 Å². The van der Waals surface area contributed by atoms with E-state index in [1.807, 2.05) is 0 Å². The third kappa shape index (κ3) is 2.73. The third-order valence-electron chi connectivity index (χ3n) is 4.62. The number of nitrogens with one attached hydrogen (secondary N) is 1. The largest absolute Gasteiger partial charge is 0.271 e. The first-order chi connectivity index (χ1) is 7.13. The fraction of sp³-hybridized carbons (Fsp3) is 1.00. The molecule has 0 heterocycles. The second-order valence-electron chi connectivity index (χ2n) is 6.28. The molecular weight excluding hydrogens is 184 g/mol. The van der Waals surface area contributed by atoms with E-state index in [0.717, 1.165) is 11.8 Å². The third-order valence-corrected chi connectivity index (χ3v) is 4.62. The van der Waals surface area contributed by atoms with Crippen LogP contribution in [0.4, 0.5) is 0 Å². The molecule has 2 unspecified atom stereocenters. The minimum Gasteiger partial charge on any atom is -0.271 e. The van der Waals surface area contributed by atoms with E-state index in [4.69, 9.17) is 5.84 Å². The fourth-order valence-electron chi connectivity index (χ4n) is 3.32. The van der Waals surface area contributed by atoms with E-state index in [-0.39, 0.29) is 0 Å². The average Bonchev–Trinajstić information content (AvgIpc) is 2.93. The van der Waals surface area contributed by atoms with Crippen LogP contribution in [-0.4, -0.2) is 6.04 Å². The van der Waals surface area contributed by atoms with E-state index in [2.05, 4.69) is 19.3 Å². The lowest BCUT2D eigenvalue weighted by Gasteiger charge is -2.34. The Morgan fingerprint density at radius 1 is 1.33 bits per heavy atom. The fourth-order valence-corrected chi connectivity index (χ4v) is 3.32. The van der Waals surface area contributed by atoms with Crippen molar-refractivity contribution in [3.63, 3.8) is 0 Å². The zero-order chi connectivity index (χ0) is 10.9. The SMILES string of the molecule is CC1(C)CCCC1C(CCC1CC1)NN. The number of hydrogen-bond donors (Lipinski definition) is 2. The minimum absolute atomic E-state index is 0.501. The average molecular weight is 210 g/mol. The van der Waals surface area contributed by atoms with Gasteiger partial charge in [-0.15, -0.1) is 0 Å². The van der Waals surface area contributed by atoms with Gasteiger partial charge in [-0.3, -0.25) is 11.3 Å². The molecule has 2 fully saturated rings. The van der Waals surface area contributed by atoms with Crippen molar-refractivity contribution in [2.75, 3.05) is 0 Å². The molecule has 2 rings (SSSR count). The quantitative estimate of drug-likeness (QED) is 0.541. The maximum absolute atomic E-state index is 5.73. The lowest BCUT2D eigenvalue weighted by molar-refractivity contribution is 0.187. The summed E-state index contributed by atoms with van der Waals surface area (Å²) in [5, 5.41) is 0. The predicted octanol–water partition coefficient (Wildman–Crippen LogP) is 2.83. The van der Waals surface area contributed by atoms with E-state index in [1.54, 1.807) is 0 Å². The molecule has 2 nitrogen and oxygen atoms in total. The topological polar surface area (TPSA) is 38.0 Å². The van der Waals surface area contributed by atoms with E-state index in [1.165, 1.54) is 44.9 Å². The van der Waals surface area contributed by atoms with Gasteiger partial charge in [-0.1, -0.05) is 33.1 Å². The molecular formula is C13H26N2. The Morgan fingerprint density at radius 2 is 2.07 bits per heavy atom. The molecule has 0 aromatic rings. The zero-order valence-electron chi connectivity index (χ0n) is 10.3. The van der Waals surface area contributed by atoms with Crippen molar-refractivity contribution < 1.29 is 0 Å². The molecule has 0 aromatic heterocycles. The second-order valence-corrected chi connectivity index (χ2v) is 6.28. The number of rotatable bonds is 5. The summed E-state index contributed by atoms with van der Waals surface area (Å²) in [5.74, 6) is 7.56. The Bertz CT molecular complexity index is 209. The van der Waals surface area contributed by atoms with Gasteiger partial charge in [0.15, 0.2) is 0 Å². The van der Waals surface area contributed by atoms with E-state index in [0.29, 0.717) is 11.5 Å². The Hall–Kier alpha value is -0.0800. The zero-order valence-corrected chi connectivity index (χ0v) is 10.3. The first-order valence-electron chi connectivity index (χ1n) is 6.59. The smallest absolute Gasteiger partial charge is 0.0243 e. The van der Waals surface area contributed by atoms with E-state index >= 15 is 0 Å². The normalized spacial score (nSPS) is 31.8. The molecule has 2 heteroatoms. The Balaban J connectivity index is 1.86. The Morgan fingerprint density at radius 3 is 2.53 bits per heavy atom. The first kappa shape index (κ1) is 11.4. The van der Waals surface area contributed by atoms with Crippen molar-refractivity contribution in [3.05, 3.63) is 0 Å². The van der Waals surface area contributed by atoms with Gasteiger partial charge >= 0.3 is 0 Å². The van der Waals surface area contributed by atoms with Gasteiger partial charge in [0.1, 0.15) is 0 Å². The molecule has 2 aliphatic carbocycles. The van der Waals surface area contributed by atoms with Crippen LogP contribution in [-0.2, 0) is 0 Å². The summed E-state index contributed by atoms with van der Waals surface area (Å²) >= 11 is 0. The summed E-state index contributed by atoms with van der Waals surface area (Å²) in [7, 11) is 0. The second kappa shape index (κ2) is 4.42. The molecule has 15 heavy (non-hydrogen) atoms. The molecule has 0 amide bonds. The molecule has 0 bridgehead atoms. The monoisotopic (exact) mass is 210 g/mol. The highest BCUT2D eigenvalue weighted by Gasteiger charge is 2.39. The molecule has 0 aliphatic heterocycles. The van der Waals surface area contributed by atoms with Crippen molar-refractivity contribution in [1.82, 2.24) is 5.43 Å². The molecule has 2 aliphatic rings. The molecule has 0 aromatic carbocycles. The van der Waals surface area contributed by atoms with Gasteiger partial charge in [0.05, 0.1) is 0 Å². The summed E-state index contributed by atoms with van der Waals surface area (Å²) in [6.45, 7) is 4.82. The first-order valence-corrected chi connectivity index (χ1v) is 6.59. The molecule has 0 radical (unpaired) electrons. The van der Waals surface area contributed by atoms with Gasteiger partial charge in [0, 0.05) is 6.04 Å². The van der Waals surface area contributed by atoms with Gasteiger partial charge in [0.25, 0.3) is 0 Å². The highest BCUT2D eigenvalue weighted by atomic mass is 15.2.